The molecule has 0 bridgehead atoms. The minimum atomic E-state index is 0. The van der Waals surface area contributed by atoms with E-state index in [9.17, 15) is 40.9 Å². The van der Waals surface area contributed by atoms with Crippen LogP contribution >= 0.6 is 22.7 Å². The molecule has 17 aromatic carbocycles. The number of nitrogens with one attached hydrogen (secondary N) is 4. The number of aromatic hydroxyl groups is 4. The minimum Gasteiger partial charge on any atom is -0.872 e. The number of rotatable bonds is 10. The average Bonchev–Trinajstić information content (AvgIpc) is 1.64. The smallest absolute Gasteiger partial charge is 0.872 e. The first-order valence-corrected chi connectivity index (χ1v) is 46.2. The molecule has 0 radical (unpaired) electrons. The zero-order valence-electron chi connectivity index (χ0n) is 77.3. The fourth-order valence-electron chi connectivity index (χ4n) is 16.0. The molecule has 0 aliphatic heterocycles. The van der Waals surface area contributed by atoms with Crippen molar-refractivity contribution in [1.82, 2.24) is 33.6 Å². The Morgan fingerprint density at radius 3 is 1.12 bits per heavy atom. The molecule has 0 atom stereocenters. The summed E-state index contributed by atoms with van der Waals surface area (Å²) in [6.45, 7) is 0. The zero-order valence-corrected chi connectivity index (χ0v) is 84.9. The maximum Gasteiger partial charge on any atom is 2.00 e. The number of aromatic amines is 4. The topological polar surface area (TPSA) is 296 Å². The minimum absolute atomic E-state index is 0. The van der Waals surface area contributed by atoms with Crippen molar-refractivity contribution in [3.63, 3.8) is 0 Å². The summed E-state index contributed by atoms with van der Waals surface area (Å²) in [5.74, 6) is 3.55. The van der Waals surface area contributed by atoms with Crippen molar-refractivity contribution in [3.05, 3.63) is 480 Å². The number of pyridine rings is 3. The van der Waals surface area contributed by atoms with Gasteiger partial charge in [0.15, 0.2) is 28.3 Å². The second kappa shape index (κ2) is 48.9. The molecule has 25 rings (SSSR count). The Labute approximate surface area is 865 Å². The van der Waals surface area contributed by atoms with Crippen LogP contribution in [0.3, 0.4) is 0 Å². The van der Waals surface area contributed by atoms with E-state index in [2.05, 4.69) is 60.7 Å². The molecule has 25 aromatic rings. The number of hydrogen-bond donors (Lipinski definition) is 4. The van der Waals surface area contributed by atoms with E-state index in [0.717, 1.165) is 154 Å². The SMILES string of the molecule is Oc1ccccc1-c1ccccn1.Oc1ccccc1-c1ccccn1.Oc1ccccc1-c1nc2ccccc2n1-c1ccccc1.Oc1ccccc1-c1nc2ccccc2s1.[Be+2].[Be+2].[O-]c1cccc2ccc3ccc[nH+]c3c12.[O-]c1ccccc1-c1[nH+]c2ccccc2n1-c1ccccc1.[O-]c1ccccc1-c1[nH+]c2ccccc2n1-c1ccccc1.[O-]c1ccccc1-c1[nH+]c2ccccc2s1.[Zn].[Zn]. The monoisotopic (exact) mass is 2000 g/mol. The predicted octanol–water partition coefficient (Wildman–Crippen LogP) is 22.9. The Balaban J connectivity index is 0.000000130. The summed E-state index contributed by atoms with van der Waals surface area (Å²) in [7, 11) is 0. The maximum absolute atomic E-state index is 12.2. The van der Waals surface area contributed by atoms with Gasteiger partial charge in [0.1, 0.15) is 49.9 Å². The quantitative estimate of drug-likeness (QED) is 0.0734. The molecule has 0 saturated carbocycles. The number of thiazole rings is 2. The number of fused-ring (bicyclic) bond motifs is 8. The molecule has 0 unspecified atom stereocenters. The van der Waals surface area contributed by atoms with Crippen LogP contribution in [0.5, 0.6) is 46.0 Å². The summed E-state index contributed by atoms with van der Waals surface area (Å²) in [5.41, 5.74) is 18.8. The van der Waals surface area contributed by atoms with Gasteiger partial charge in [0.2, 0.25) is 11.0 Å². The van der Waals surface area contributed by atoms with Crippen molar-refractivity contribution in [2.45, 2.75) is 0 Å². The number of aromatic nitrogens is 11. The Bertz CT molecular complexity index is 7870. The Morgan fingerprint density at radius 2 is 0.643 bits per heavy atom. The van der Waals surface area contributed by atoms with Crippen molar-refractivity contribution in [3.8, 4) is 141 Å². The van der Waals surface area contributed by atoms with Gasteiger partial charge in [-0.25, -0.2) is 24.9 Å². The van der Waals surface area contributed by atoms with Crippen LogP contribution in [0, 0.1) is 0 Å². The van der Waals surface area contributed by atoms with Crippen LogP contribution in [0.15, 0.2) is 480 Å². The van der Waals surface area contributed by atoms with Gasteiger partial charge in [-0.15, -0.1) is 11.3 Å². The van der Waals surface area contributed by atoms with Gasteiger partial charge in [-0.05, 0) is 200 Å². The summed E-state index contributed by atoms with van der Waals surface area (Å²) in [4.78, 5) is 30.7. The zero-order chi connectivity index (χ0) is 95.2. The number of nitrogens with zero attached hydrogens (tertiary/aromatic N) is 7. The van der Waals surface area contributed by atoms with Crippen molar-refractivity contribution in [2.75, 3.05) is 0 Å². The van der Waals surface area contributed by atoms with E-state index in [1.807, 2.05) is 370 Å². The van der Waals surface area contributed by atoms with Gasteiger partial charge in [0.25, 0.3) is 16.7 Å². The molecule has 8 heterocycles. The van der Waals surface area contributed by atoms with Gasteiger partial charge in [0.05, 0.1) is 54.9 Å². The molecule has 8 N–H and O–H groups in total. The fraction of sp³-hybridized carbons (Fsp3) is 0. The van der Waals surface area contributed by atoms with E-state index in [1.54, 1.807) is 120 Å². The molecule has 0 aliphatic carbocycles. The molecule has 8 aromatic heterocycles. The van der Waals surface area contributed by atoms with Crippen LogP contribution in [0.25, 0.3) is 170 Å². The van der Waals surface area contributed by atoms with E-state index in [0.29, 0.717) is 11.1 Å². The molecular weight excluding hydrogens is 1910 g/mol. The van der Waals surface area contributed by atoms with Gasteiger partial charge in [0, 0.05) is 96.6 Å². The number of para-hydroxylation sites is 18. The third-order valence-electron chi connectivity index (χ3n) is 22.5. The fourth-order valence-corrected chi connectivity index (χ4v) is 18.0. The van der Waals surface area contributed by atoms with Gasteiger partial charge in [-0.3, -0.25) is 14.5 Å². The van der Waals surface area contributed by atoms with Crippen LogP contribution < -0.4 is 40.4 Å². The number of phenols is 4. The van der Waals surface area contributed by atoms with Crippen LogP contribution in [0.2, 0.25) is 0 Å². The first-order chi connectivity index (χ1) is 68.3. The van der Waals surface area contributed by atoms with Crippen LogP contribution in [-0.2, 0) is 39.0 Å². The van der Waals surface area contributed by atoms with Crippen molar-refractivity contribution in [2.24, 2.45) is 0 Å². The Kier molecular flexibility index (Phi) is 34.8. The number of hydrogen-bond acceptors (Lipinski definition) is 14. The number of phenolic OH excluding ortho intramolecular Hbond substituents is 4. The first kappa shape index (κ1) is 102. The van der Waals surface area contributed by atoms with E-state index >= 15 is 0 Å². The molecule has 0 amide bonds. The summed E-state index contributed by atoms with van der Waals surface area (Å²) >= 11 is 3.20. The Hall–Kier alpha value is -17.1. The summed E-state index contributed by atoms with van der Waals surface area (Å²) < 4.78 is 8.56. The van der Waals surface area contributed by atoms with E-state index in [4.69, 9.17) is 4.98 Å². The number of imidazole rings is 3. The van der Waals surface area contributed by atoms with Crippen molar-refractivity contribution < 1.29 is 99.7 Å². The standard InChI is InChI=1S/3C19H14N2O.2C13H9NOS.C13H9NO.2C11H9NO.2Be.2Zn/c3*22-18-13-7-4-10-15(18)19-20-16-11-5-6-12-17(16)21(19)14-8-2-1-3-9-14;2*15-11-7-3-1-5-9(11)13-14-10-6-2-4-8-12(10)16-13;15-11-5-1-3-9-6-7-10-4-2-8-14-13(10)12(9)11;2*13-11-7-2-1-5-9(11)10-6-3-4-8-12-10;;;;/h3*1-13,22H;2*1-8,15H;1-8,15H;2*1-8,13H;;;;/q;;;;;;;;2*+2;;. The van der Waals surface area contributed by atoms with Gasteiger partial charge >= 0.3 is 20.2 Å². The normalized spacial score (nSPS) is 10.4. The molecular formula is C118H87Be2N11O8S2Zn2+4. The van der Waals surface area contributed by atoms with Gasteiger partial charge in [-0.1, -0.05) is 289 Å². The van der Waals surface area contributed by atoms with Crippen molar-refractivity contribution >= 4 is 118 Å². The number of H-pyrrole nitrogens is 4. The maximum atomic E-state index is 12.2. The van der Waals surface area contributed by atoms with Crippen LogP contribution in [0.1, 0.15) is 0 Å². The van der Waals surface area contributed by atoms with Crippen LogP contribution in [0.4, 0.5) is 0 Å². The largest absolute Gasteiger partial charge is 2.00 e. The van der Waals surface area contributed by atoms with Gasteiger partial charge in [-0.2, -0.15) is 14.1 Å². The summed E-state index contributed by atoms with van der Waals surface area (Å²) in [6, 6.07) is 145. The van der Waals surface area contributed by atoms with E-state index in [-0.39, 0.29) is 105 Å². The molecule has 0 spiro atoms. The summed E-state index contributed by atoms with van der Waals surface area (Å²) in [5, 5.41) is 91.6. The molecule has 0 aliphatic rings. The third kappa shape index (κ3) is 23.9. The van der Waals surface area contributed by atoms with Crippen LogP contribution in [-0.4, -0.2) is 74.3 Å². The molecule has 19 nitrogen and oxygen atoms in total. The average molecular weight is 2000 g/mol. The summed E-state index contributed by atoms with van der Waals surface area (Å²) in [6.07, 6.45) is 5.26. The van der Waals surface area contributed by atoms with Crippen molar-refractivity contribution in [1.29, 1.82) is 0 Å². The Morgan fingerprint density at radius 1 is 0.266 bits per heavy atom. The molecule has 143 heavy (non-hydrogen) atoms. The third-order valence-corrected chi connectivity index (χ3v) is 24.7. The van der Waals surface area contributed by atoms with Gasteiger partial charge < -0.3 is 40.9 Å². The second-order valence-corrected chi connectivity index (χ2v) is 33.6. The second-order valence-electron chi connectivity index (χ2n) is 31.5. The molecule has 0 saturated heterocycles. The molecule has 25 heteroatoms. The number of benzene rings is 17. The first-order valence-electron chi connectivity index (χ1n) is 44.5. The van der Waals surface area contributed by atoms with E-state index in [1.165, 1.54) is 4.70 Å². The predicted molar refractivity (Wildman–Crippen MR) is 559 cm³/mol. The molecule has 678 valence electrons. The van der Waals surface area contributed by atoms with E-state index < -0.39 is 0 Å². The molecule has 0 fully saturated rings.